The Labute approximate surface area is 136 Å². The monoisotopic (exact) mass is 382 g/mol. The van der Waals surface area contributed by atoms with Gasteiger partial charge in [-0.2, -0.15) is 0 Å². The maximum atomic E-state index is 10.1. The standard InChI is InChI=1S/2C5H4N2O2.ClH.Cu.2H2O/c2*8-5(9)4-3-6-1-2-7-4;;;;/h2*1-3H,(H,8,9);1H;;2*1H2/q;;;+1;;/p-1. The van der Waals surface area contributed by atoms with Crippen molar-refractivity contribution in [3.63, 3.8) is 0 Å². The molecular formula is C10H12ClCuN4O6. The van der Waals surface area contributed by atoms with Gasteiger partial charge in [0.15, 0.2) is 11.4 Å². The molecule has 22 heavy (non-hydrogen) atoms. The fourth-order valence-electron chi connectivity index (χ4n) is 0.819. The van der Waals surface area contributed by atoms with E-state index in [9.17, 15) is 9.59 Å². The summed E-state index contributed by atoms with van der Waals surface area (Å²) in [5, 5.41) is 16.6. The van der Waals surface area contributed by atoms with Crippen LogP contribution in [0, 0.1) is 0 Å². The quantitative estimate of drug-likeness (QED) is 0.642. The average Bonchev–Trinajstić information content (AvgIpc) is 2.51. The van der Waals surface area contributed by atoms with Crippen molar-refractivity contribution < 1.29 is 45.9 Å². The second-order valence-electron chi connectivity index (χ2n) is 2.79. The Morgan fingerprint density at radius 1 is 0.818 bits per heavy atom. The molecule has 0 aliphatic heterocycles. The summed E-state index contributed by atoms with van der Waals surface area (Å²) in [6.07, 6.45) is 7.91. The molecule has 126 valence electrons. The number of rotatable bonds is 2. The van der Waals surface area contributed by atoms with Crippen LogP contribution in [0.25, 0.3) is 0 Å². The molecule has 2 rings (SSSR count). The van der Waals surface area contributed by atoms with Crippen molar-refractivity contribution in [2.75, 3.05) is 0 Å². The summed E-state index contributed by atoms with van der Waals surface area (Å²) in [7, 11) is 4.20. The number of aromatic carboxylic acids is 2. The zero-order valence-corrected chi connectivity index (χ0v) is 12.3. The summed E-state index contributed by atoms with van der Waals surface area (Å²) in [5.41, 5.74) is -0.0602. The van der Waals surface area contributed by atoms with E-state index >= 15 is 0 Å². The van der Waals surface area contributed by atoms with Crippen LogP contribution in [0.1, 0.15) is 21.0 Å². The minimum absolute atomic E-state index is 0. The molecule has 0 saturated heterocycles. The van der Waals surface area contributed by atoms with Crippen molar-refractivity contribution in [1.82, 2.24) is 19.9 Å². The van der Waals surface area contributed by atoms with Gasteiger partial charge in [-0.3, -0.25) is 9.97 Å². The third kappa shape index (κ3) is 10.6. The van der Waals surface area contributed by atoms with Gasteiger partial charge in [0.25, 0.3) is 0 Å². The molecule has 2 aromatic heterocycles. The molecule has 0 atom stereocenters. The molecule has 2 aromatic rings. The van der Waals surface area contributed by atoms with E-state index in [4.69, 9.17) is 10.2 Å². The van der Waals surface area contributed by atoms with Gasteiger partial charge in [-0.1, -0.05) is 0 Å². The summed E-state index contributed by atoms with van der Waals surface area (Å²) in [6.45, 7) is 0. The number of nitrogens with zero attached hydrogens (tertiary/aromatic N) is 4. The van der Waals surface area contributed by atoms with E-state index in [1.807, 2.05) is 0 Å². The third-order valence-electron chi connectivity index (χ3n) is 1.56. The summed E-state index contributed by atoms with van der Waals surface area (Å²) >= 11 is 3.66. The van der Waals surface area contributed by atoms with Crippen molar-refractivity contribution in [3.8, 4) is 0 Å². The van der Waals surface area contributed by atoms with Gasteiger partial charge in [0.05, 0.1) is 12.4 Å². The Kier molecular flexibility index (Phi) is 17.2. The van der Waals surface area contributed by atoms with Gasteiger partial charge in [-0.05, 0) is 0 Å². The van der Waals surface area contributed by atoms with Crippen LogP contribution in [-0.2, 0) is 15.1 Å². The van der Waals surface area contributed by atoms with Gasteiger partial charge >= 0.3 is 37.1 Å². The van der Waals surface area contributed by atoms with Crippen molar-refractivity contribution >= 4 is 22.0 Å². The molecule has 6 N–H and O–H groups in total. The van der Waals surface area contributed by atoms with Crippen LogP contribution in [0.2, 0.25) is 0 Å². The topological polar surface area (TPSA) is 189 Å². The third-order valence-corrected chi connectivity index (χ3v) is 1.56. The van der Waals surface area contributed by atoms with Crippen LogP contribution in [0.4, 0.5) is 0 Å². The first-order valence-corrected chi connectivity index (χ1v) is 6.01. The molecule has 0 aromatic carbocycles. The van der Waals surface area contributed by atoms with Crippen LogP contribution in [0.5, 0.6) is 0 Å². The van der Waals surface area contributed by atoms with Crippen molar-refractivity contribution in [1.29, 1.82) is 0 Å². The number of hydrogen-bond acceptors (Lipinski definition) is 6. The summed E-state index contributed by atoms with van der Waals surface area (Å²) in [5.74, 6) is -2.11. The normalized spacial score (nSPS) is 7.59. The predicted octanol–water partition coefficient (Wildman–Crippen LogP) is -0.613. The van der Waals surface area contributed by atoms with Crippen molar-refractivity contribution in [2.45, 2.75) is 0 Å². The second-order valence-corrected chi connectivity index (χ2v) is 2.79. The molecule has 0 aliphatic carbocycles. The van der Waals surface area contributed by atoms with Crippen LogP contribution in [0.3, 0.4) is 0 Å². The molecule has 0 aliphatic rings. The second kappa shape index (κ2) is 15.2. The van der Waals surface area contributed by atoms with Crippen LogP contribution in [-0.4, -0.2) is 53.0 Å². The Bertz CT molecular complexity index is 484. The Morgan fingerprint density at radius 3 is 1.27 bits per heavy atom. The van der Waals surface area contributed by atoms with E-state index in [0.717, 1.165) is 0 Å². The van der Waals surface area contributed by atoms with E-state index in [1.165, 1.54) is 37.2 Å². The molecule has 0 amide bonds. The van der Waals surface area contributed by atoms with E-state index in [0.29, 0.717) is 0 Å². The fourth-order valence-corrected chi connectivity index (χ4v) is 0.819. The average molecular weight is 383 g/mol. The van der Waals surface area contributed by atoms with E-state index < -0.39 is 11.9 Å². The first kappa shape index (κ1) is 24.8. The SMILES string of the molecule is O.O.O=C(O)c1cnccn1.O=C(O)c1cnccn1.[Cl][Cu]. The fraction of sp³-hybridized carbons (Fsp3) is 0. The van der Waals surface area contributed by atoms with Gasteiger partial charge in [0, 0.05) is 24.8 Å². The predicted molar refractivity (Wildman–Crippen MR) is 71.1 cm³/mol. The number of aromatic nitrogens is 4. The Hall–Kier alpha value is -2.17. The van der Waals surface area contributed by atoms with E-state index in [2.05, 4.69) is 45.1 Å². The first-order valence-electron chi connectivity index (χ1n) is 4.71. The maximum absolute atomic E-state index is 10.1. The molecule has 12 heteroatoms. The molecule has 0 radical (unpaired) electrons. The summed E-state index contributed by atoms with van der Waals surface area (Å²) in [4.78, 5) is 34.4. The Morgan fingerprint density at radius 2 is 1.14 bits per heavy atom. The molecule has 0 spiro atoms. The molecule has 10 nitrogen and oxygen atoms in total. The first-order chi connectivity index (χ1) is 9.61. The minimum atomic E-state index is -1.05. The number of carbonyl (C=O) groups is 2. The van der Waals surface area contributed by atoms with Crippen LogP contribution in [0.15, 0.2) is 37.2 Å². The van der Waals surface area contributed by atoms with Crippen LogP contribution >= 0.6 is 10.1 Å². The molecule has 0 bridgehead atoms. The number of carboxylic acids is 2. The van der Waals surface area contributed by atoms with E-state index in [-0.39, 0.29) is 22.3 Å². The number of halogens is 1. The van der Waals surface area contributed by atoms with Gasteiger partial charge in [0.1, 0.15) is 0 Å². The summed E-state index contributed by atoms with van der Waals surface area (Å²) in [6, 6.07) is 0. The van der Waals surface area contributed by atoms with Gasteiger partial charge in [0.2, 0.25) is 0 Å². The molecule has 0 saturated carbocycles. The zero-order valence-electron chi connectivity index (χ0n) is 10.6. The Balaban J connectivity index is -0.000000273. The van der Waals surface area contributed by atoms with Gasteiger partial charge < -0.3 is 21.2 Å². The van der Waals surface area contributed by atoms with Crippen LogP contribution < -0.4 is 0 Å². The molecule has 0 fully saturated rings. The molecule has 0 unspecified atom stereocenters. The number of carboxylic acid groups (broad SMARTS) is 2. The van der Waals surface area contributed by atoms with E-state index in [1.54, 1.807) is 0 Å². The zero-order chi connectivity index (χ0) is 15.4. The molecular weight excluding hydrogens is 371 g/mol. The molecule has 2 heterocycles. The number of hydrogen-bond donors (Lipinski definition) is 2. The van der Waals surface area contributed by atoms with Gasteiger partial charge in [-0.15, -0.1) is 0 Å². The summed E-state index contributed by atoms with van der Waals surface area (Å²) < 4.78 is 0. The van der Waals surface area contributed by atoms with Crippen molar-refractivity contribution in [3.05, 3.63) is 48.6 Å². The van der Waals surface area contributed by atoms with Crippen molar-refractivity contribution in [2.24, 2.45) is 0 Å². The van der Waals surface area contributed by atoms with Gasteiger partial charge in [-0.25, -0.2) is 19.6 Å².